The average Bonchev–Trinajstić information content (AvgIpc) is 2.70. The van der Waals surface area contributed by atoms with Crippen LogP contribution in [0.5, 0.6) is 11.5 Å². The molecule has 1 unspecified atom stereocenters. The molecule has 0 fully saturated rings. The second kappa shape index (κ2) is 7.72. The predicted octanol–water partition coefficient (Wildman–Crippen LogP) is 5.27. The van der Waals surface area contributed by atoms with Crippen LogP contribution in [0, 0.1) is 5.82 Å². The number of fused-ring (bicyclic) bond motifs is 5. The van der Waals surface area contributed by atoms with E-state index >= 15 is 0 Å². The number of nitrogens with zero attached hydrogens (tertiary/aromatic N) is 1. The molecule has 144 valence electrons. The molecule has 0 saturated heterocycles. The fourth-order valence-electron chi connectivity index (χ4n) is 3.36. The Morgan fingerprint density at radius 1 is 1.14 bits per heavy atom. The van der Waals surface area contributed by atoms with Crippen LogP contribution in [0.15, 0.2) is 53.6 Å². The van der Waals surface area contributed by atoms with E-state index in [1.807, 2.05) is 19.2 Å². The number of ether oxygens (including phenoxy) is 2. The number of rotatable bonds is 1. The second-order valence-electron chi connectivity index (χ2n) is 6.67. The van der Waals surface area contributed by atoms with E-state index < -0.39 is 6.10 Å². The highest BCUT2D eigenvalue weighted by Gasteiger charge is 2.19. The molecule has 0 spiro atoms. The fraction of sp³-hybridized carbons (Fsp3) is 0.227. The zero-order chi connectivity index (χ0) is 19.7. The molecule has 4 nitrogen and oxygen atoms in total. The summed E-state index contributed by atoms with van der Waals surface area (Å²) in [7, 11) is 0. The molecule has 0 saturated carbocycles. The first-order valence-electron chi connectivity index (χ1n) is 9.07. The summed E-state index contributed by atoms with van der Waals surface area (Å²) in [5, 5.41) is 0. The Labute approximate surface area is 167 Å². The number of pyridine rings is 1. The van der Waals surface area contributed by atoms with Crippen molar-refractivity contribution in [2.75, 3.05) is 18.6 Å². The molecule has 3 aromatic rings. The number of nitrogen functional groups attached to an aromatic ring is 1. The summed E-state index contributed by atoms with van der Waals surface area (Å²) in [5.41, 5.74) is 9.86. The summed E-state index contributed by atoms with van der Waals surface area (Å²) in [5.74, 6) is 1.05. The molecule has 2 N–H and O–H groups in total. The van der Waals surface area contributed by atoms with Crippen molar-refractivity contribution in [1.29, 1.82) is 0 Å². The van der Waals surface area contributed by atoms with Crippen molar-refractivity contribution in [1.82, 2.24) is 4.98 Å². The van der Waals surface area contributed by atoms with Crippen LogP contribution >= 0.6 is 11.8 Å². The molecular formula is C22H21FN2O2S. The number of hydrogen-bond acceptors (Lipinski definition) is 5. The fourth-order valence-corrected chi connectivity index (χ4v) is 3.80. The quantitative estimate of drug-likeness (QED) is 0.568. The second-order valence-corrected chi connectivity index (χ2v) is 7.55. The minimum Gasteiger partial charge on any atom is -0.493 e. The maximum absolute atomic E-state index is 13.8. The zero-order valence-corrected chi connectivity index (χ0v) is 16.6. The van der Waals surface area contributed by atoms with E-state index in [1.54, 1.807) is 24.0 Å². The third kappa shape index (κ3) is 3.64. The van der Waals surface area contributed by atoms with Gasteiger partial charge < -0.3 is 15.2 Å². The Kier molecular flexibility index (Phi) is 5.13. The Morgan fingerprint density at radius 3 is 2.82 bits per heavy atom. The zero-order valence-electron chi connectivity index (χ0n) is 15.7. The first-order chi connectivity index (χ1) is 13.5. The lowest BCUT2D eigenvalue weighted by Gasteiger charge is -2.22. The number of hydrogen-bond donors (Lipinski definition) is 1. The van der Waals surface area contributed by atoms with E-state index in [4.69, 9.17) is 15.2 Å². The normalized spacial score (nSPS) is 15.9. The molecule has 6 heteroatoms. The summed E-state index contributed by atoms with van der Waals surface area (Å²) in [6, 6.07) is 12.7. The molecule has 2 bridgehead atoms. The van der Waals surface area contributed by atoms with Crippen LogP contribution in [0.4, 0.5) is 10.2 Å². The van der Waals surface area contributed by atoms with Gasteiger partial charge in [-0.15, -0.1) is 11.8 Å². The van der Waals surface area contributed by atoms with Crippen LogP contribution < -0.4 is 15.2 Å². The molecule has 2 aromatic carbocycles. The monoisotopic (exact) mass is 396 g/mol. The van der Waals surface area contributed by atoms with E-state index in [0.29, 0.717) is 29.5 Å². The Bertz CT molecular complexity index is 1030. The maximum Gasteiger partial charge on any atom is 0.166 e. The predicted molar refractivity (Wildman–Crippen MR) is 111 cm³/mol. The number of thioether (sulfide) groups is 1. The minimum atomic E-state index is -0.443. The molecule has 28 heavy (non-hydrogen) atoms. The third-order valence-corrected chi connectivity index (χ3v) is 5.58. The standard InChI is InChI=1S/C22H21FN2O2S/c1-13-18-10-16(23)4-6-20(18)26-8-7-14-3-5-17(28-2)11-19(14)15-9-21(27-13)22(24)25-12-15/h3-6,9-13H,7-8H2,1-2H3,(H2,24,25). The molecule has 4 rings (SSSR count). The van der Waals surface area contributed by atoms with Gasteiger partial charge in [-0.2, -0.15) is 0 Å². The van der Waals surface area contributed by atoms with Crippen molar-refractivity contribution in [2.45, 2.75) is 24.3 Å². The lowest BCUT2D eigenvalue weighted by atomic mass is 9.98. The Balaban J connectivity index is 1.85. The lowest BCUT2D eigenvalue weighted by molar-refractivity contribution is 0.216. The summed E-state index contributed by atoms with van der Waals surface area (Å²) in [6.07, 6.45) is 4.08. The highest BCUT2D eigenvalue weighted by molar-refractivity contribution is 7.98. The van der Waals surface area contributed by atoms with Gasteiger partial charge in [-0.05, 0) is 60.7 Å². The van der Waals surface area contributed by atoms with Crippen molar-refractivity contribution in [3.05, 3.63) is 65.6 Å². The molecule has 0 amide bonds. The van der Waals surface area contributed by atoms with Crippen molar-refractivity contribution >= 4 is 17.6 Å². The van der Waals surface area contributed by atoms with E-state index in [2.05, 4.69) is 23.2 Å². The van der Waals surface area contributed by atoms with Gasteiger partial charge in [-0.1, -0.05) is 6.07 Å². The van der Waals surface area contributed by atoms with Gasteiger partial charge in [0.1, 0.15) is 17.7 Å². The molecule has 1 aromatic heterocycles. The third-order valence-electron chi connectivity index (χ3n) is 4.85. The average molecular weight is 396 g/mol. The van der Waals surface area contributed by atoms with Crippen LogP contribution in [-0.2, 0) is 6.42 Å². The van der Waals surface area contributed by atoms with Crippen LogP contribution in [-0.4, -0.2) is 17.8 Å². The SMILES string of the molecule is CSc1ccc2c(c1)-c1cnc(N)c(c1)OC(C)c1cc(F)ccc1OCC2. The summed E-state index contributed by atoms with van der Waals surface area (Å²) < 4.78 is 25.9. The number of aromatic nitrogens is 1. The number of benzene rings is 2. The van der Waals surface area contributed by atoms with E-state index in [9.17, 15) is 4.39 Å². The maximum atomic E-state index is 13.8. The smallest absolute Gasteiger partial charge is 0.166 e. The first kappa shape index (κ1) is 18.6. The largest absolute Gasteiger partial charge is 0.493 e. The Hall–Kier alpha value is -2.73. The van der Waals surface area contributed by atoms with Gasteiger partial charge in [0.05, 0.1) is 6.61 Å². The summed E-state index contributed by atoms with van der Waals surface area (Å²) >= 11 is 1.69. The van der Waals surface area contributed by atoms with Crippen molar-refractivity contribution in [3.8, 4) is 22.6 Å². The van der Waals surface area contributed by atoms with Gasteiger partial charge >= 0.3 is 0 Å². The number of nitrogens with two attached hydrogens (primary N) is 1. The van der Waals surface area contributed by atoms with Crippen LogP contribution in [0.3, 0.4) is 0 Å². The van der Waals surface area contributed by atoms with Gasteiger partial charge in [0.2, 0.25) is 0 Å². The van der Waals surface area contributed by atoms with Gasteiger partial charge in [0, 0.05) is 28.6 Å². The van der Waals surface area contributed by atoms with Crippen LogP contribution in [0.2, 0.25) is 0 Å². The van der Waals surface area contributed by atoms with Gasteiger partial charge in [-0.3, -0.25) is 0 Å². The lowest BCUT2D eigenvalue weighted by Crippen LogP contribution is -2.11. The number of anilines is 1. The van der Waals surface area contributed by atoms with Crippen molar-refractivity contribution in [2.24, 2.45) is 0 Å². The van der Waals surface area contributed by atoms with Crippen LogP contribution in [0.25, 0.3) is 11.1 Å². The number of halogens is 1. The van der Waals surface area contributed by atoms with E-state index in [0.717, 1.165) is 23.1 Å². The summed E-state index contributed by atoms with van der Waals surface area (Å²) in [6.45, 7) is 2.32. The molecular weight excluding hydrogens is 375 g/mol. The minimum absolute atomic E-state index is 0.300. The highest BCUT2D eigenvalue weighted by Crippen LogP contribution is 2.36. The molecule has 1 aliphatic rings. The topological polar surface area (TPSA) is 57.4 Å². The van der Waals surface area contributed by atoms with Crippen molar-refractivity contribution < 1.29 is 13.9 Å². The van der Waals surface area contributed by atoms with Crippen molar-refractivity contribution in [3.63, 3.8) is 0 Å². The Morgan fingerprint density at radius 2 is 2.00 bits per heavy atom. The van der Waals surface area contributed by atoms with Gasteiger partial charge in [0.15, 0.2) is 11.6 Å². The molecule has 0 radical (unpaired) electrons. The molecule has 1 aliphatic heterocycles. The van der Waals surface area contributed by atoms with Crippen LogP contribution in [0.1, 0.15) is 24.2 Å². The van der Waals surface area contributed by atoms with E-state index in [-0.39, 0.29) is 5.82 Å². The van der Waals surface area contributed by atoms with Gasteiger partial charge in [-0.25, -0.2) is 9.37 Å². The van der Waals surface area contributed by atoms with E-state index in [1.165, 1.54) is 17.0 Å². The molecule has 1 atom stereocenters. The first-order valence-corrected chi connectivity index (χ1v) is 10.3. The summed E-state index contributed by atoms with van der Waals surface area (Å²) in [4.78, 5) is 5.50. The highest BCUT2D eigenvalue weighted by atomic mass is 32.2. The van der Waals surface area contributed by atoms with Gasteiger partial charge in [0.25, 0.3) is 0 Å². The molecule has 2 heterocycles. The molecule has 0 aliphatic carbocycles.